The first kappa shape index (κ1) is 13.1. The molecule has 0 aliphatic heterocycles. The fraction of sp³-hybridized carbons (Fsp3) is 0.286. The number of carbonyl (C=O) groups excluding carboxylic acids is 1. The van der Waals surface area contributed by atoms with Gasteiger partial charge in [-0.05, 0) is 37.1 Å². The zero-order valence-corrected chi connectivity index (χ0v) is 11.5. The molecule has 0 saturated heterocycles. The molecule has 1 aromatic heterocycles. The Morgan fingerprint density at radius 1 is 1.32 bits per heavy atom. The monoisotopic (exact) mass is 259 g/mol. The van der Waals surface area contributed by atoms with E-state index in [2.05, 4.69) is 10.4 Å². The zero-order chi connectivity index (χ0) is 14.0. The van der Waals surface area contributed by atoms with E-state index in [1.807, 2.05) is 32.0 Å². The second kappa shape index (κ2) is 5.14. The molecule has 0 fully saturated rings. The van der Waals surface area contributed by atoms with E-state index >= 15 is 0 Å². The number of aryl methyl sites for hydroxylation is 3. The first-order valence-corrected chi connectivity index (χ1v) is 5.97. The molecule has 0 atom stereocenters. The van der Waals surface area contributed by atoms with Gasteiger partial charge in [0.15, 0.2) is 0 Å². The van der Waals surface area contributed by atoms with Gasteiger partial charge in [0.25, 0.3) is 5.91 Å². The van der Waals surface area contributed by atoms with Crippen LogP contribution in [-0.2, 0) is 7.05 Å². The molecule has 2 aromatic rings. The molecule has 0 radical (unpaired) electrons. The van der Waals surface area contributed by atoms with E-state index in [4.69, 9.17) is 4.74 Å². The van der Waals surface area contributed by atoms with E-state index in [0.29, 0.717) is 11.4 Å². The van der Waals surface area contributed by atoms with Gasteiger partial charge in [-0.25, -0.2) is 0 Å². The van der Waals surface area contributed by atoms with E-state index in [9.17, 15) is 4.79 Å². The normalized spacial score (nSPS) is 10.3. The van der Waals surface area contributed by atoms with E-state index in [-0.39, 0.29) is 5.91 Å². The summed E-state index contributed by atoms with van der Waals surface area (Å²) in [5.41, 5.74) is 3.51. The maximum atomic E-state index is 12.2. The van der Waals surface area contributed by atoms with E-state index < -0.39 is 0 Å². The number of rotatable bonds is 3. The van der Waals surface area contributed by atoms with Crippen molar-refractivity contribution in [3.8, 4) is 5.88 Å². The van der Waals surface area contributed by atoms with Gasteiger partial charge in [-0.15, -0.1) is 5.10 Å². The SMILES string of the molecule is COc1nn(C)cc1C(=O)Nc1ccc(C)c(C)c1. The van der Waals surface area contributed by atoms with Crippen LogP contribution in [0.2, 0.25) is 0 Å². The Kier molecular flexibility index (Phi) is 3.55. The van der Waals surface area contributed by atoms with Crippen molar-refractivity contribution in [1.29, 1.82) is 0 Å². The van der Waals surface area contributed by atoms with Crippen LogP contribution in [0.15, 0.2) is 24.4 Å². The molecule has 1 aromatic carbocycles. The number of amides is 1. The van der Waals surface area contributed by atoms with Crippen LogP contribution in [-0.4, -0.2) is 22.8 Å². The minimum absolute atomic E-state index is 0.229. The van der Waals surface area contributed by atoms with Crippen molar-refractivity contribution >= 4 is 11.6 Å². The highest BCUT2D eigenvalue weighted by molar-refractivity contribution is 6.05. The summed E-state index contributed by atoms with van der Waals surface area (Å²) in [6.45, 7) is 4.04. The summed E-state index contributed by atoms with van der Waals surface area (Å²) in [5, 5.41) is 6.90. The predicted molar refractivity (Wildman–Crippen MR) is 73.6 cm³/mol. The molecular weight excluding hydrogens is 242 g/mol. The second-order valence-corrected chi connectivity index (χ2v) is 4.48. The van der Waals surface area contributed by atoms with Crippen LogP contribution in [0, 0.1) is 13.8 Å². The summed E-state index contributed by atoms with van der Waals surface area (Å²) < 4.78 is 6.62. The number of carbonyl (C=O) groups is 1. The van der Waals surface area contributed by atoms with Crippen molar-refractivity contribution in [3.63, 3.8) is 0 Å². The van der Waals surface area contributed by atoms with Crippen LogP contribution >= 0.6 is 0 Å². The molecule has 0 spiro atoms. The molecule has 1 N–H and O–H groups in total. The van der Waals surface area contributed by atoms with Crippen LogP contribution in [0.25, 0.3) is 0 Å². The Hall–Kier alpha value is -2.30. The molecule has 0 aliphatic rings. The summed E-state index contributed by atoms with van der Waals surface area (Å²) in [7, 11) is 3.24. The molecule has 19 heavy (non-hydrogen) atoms. The Morgan fingerprint density at radius 3 is 2.68 bits per heavy atom. The molecule has 0 aliphatic carbocycles. The smallest absolute Gasteiger partial charge is 0.262 e. The number of nitrogens with one attached hydrogen (secondary N) is 1. The molecule has 5 nitrogen and oxygen atoms in total. The maximum Gasteiger partial charge on any atom is 0.262 e. The number of ether oxygens (including phenoxy) is 1. The van der Waals surface area contributed by atoms with E-state index in [0.717, 1.165) is 11.3 Å². The average molecular weight is 259 g/mol. The molecule has 0 saturated carbocycles. The van der Waals surface area contributed by atoms with Gasteiger partial charge in [0.1, 0.15) is 5.56 Å². The fourth-order valence-corrected chi connectivity index (χ4v) is 1.79. The second-order valence-electron chi connectivity index (χ2n) is 4.48. The third kappa shape index (κ3) is 2.76. The molecule has 5 heteroatoms. The molecule has 1 heterocycles. The summed E-state index contributed by atoms with van der Waals surface area (Å²) in [5.74, 6) is 0.0945. The summed E-state index contributed by atoms with van der Waals surface area (Å²) in [6.07, 6.45) is 1.63. The highest BCUT2D eigenvalue weighted by Gasteiger charge is 2.16. The van der Waals surface area contributed by atoms with Crippen LogP contribution in [0.3, 0.4) is 0 Å². The molecule has 1 amide bonds. The third-order valence-corrected chi connectivity index (χ3v) is 3.00. The summed E-state index contributed by atoms with van der Waals surface area (Å²) in [6, 6.07) is 5.80. The minimum atomic E-state index is -0.229. The van der Waals surface area contributed by atoms with Crippen molar-refractivity contribution in [2.75, 3.05) is 12.4 Å². The lowest BCUT2D eigenvalue weighted by Crippen LogP contribution is -2.12. The van der Waals surface area contributed by atoms with Gasteiger partial charge in [0.2, 0.25) is 5.88 Å². The molecule has 2 rings (SSSR count). The third-order valence-electron chi connectivity index (χ3n) is 3.00. The number of hydrogen-bond acceptors (Lipinski definition) is 3. The Bertz CT molecular complexity index is 617. The van der Waals surface area contributed by atoms with Crippen molar-refractivity contribution in [1.82, 2.24) is 9.78 Å². The number of nitrogens with zero attached hydrogens (tertiary/aromatic N) is 2. The van der Waals surface area contributed by atoms with E-state index in [1.54, 1.807) is 17.9 Å². The zero-order valence-electron chi connectivity index (χ0n) is 11.5. The first-order chi connectivity index (χ1) is 9.01. The van der Waals surface area contributed by atoms with E-state index in [1.165, 1.54) is 12.7 Å². The van der Waals surface area contributed by atoms with Crippen LogP contribution in [0.4, 0.5) is 5.69 Å². The maximum absolute atomic E-state index is 12.2. The van der Waals surface area contributed by atoms with Gasteiger partial charge in [-0.2, -0.15) is 0 Å². The predicted octanol–water partition coefficient (Wildman–Crippen LogP) is 2.30. The Labute approximate surface area is 112 Å². The van der Waals surface area contributed by atoms with Gasteiger partial charge in [-0.3, -0.25) is 9.48 Å². The lowest BCUT2D eigenvalue weighted by molar-refractivity contribution is 0.102. The standard InChI is InChI=1S/C14H17N3O2/c1-9-5-6-11(7-10(9)2)15-13(18)12-8-17(3)16-14(12)19-4/h5-8H,1-4H3,(H,15,18). The molecule has 0 bridgehead atoms. The van der Waals surface area contributed by atoms with Crippen LogP contribution in [0.5, 0.6) is 5.88 Å². The van der Waals surface area contributed by atoms with Gasteiger partial charge < -0.3 is 10.1 Å². The van der Waals surface area contributed by atoms with Crippen LogP contribution in [0.1, 0.15) is 21.5 Å². The average Bonchev–Trinajstić information content (AvgIpc) is 2.75. The summed E-state index contributed by atoms with van der Waals surface area (Å²) in [4.78, 5) is 12.2. The van der Waals surface area contributed by atoms with Crippen molar-refractivity contribution in [2.24, 2.45) is 7.05 Å². The largest absolute Gasteiger partial charge is 0.479 e. The lowest BCUT2D eigenvalue weighted by Gasteiger charge is -2.07. The Balaban J connectivity index is 2.22. The highest BCUT2D eigenvalue weighted by atomic mass is 16.5. The number of methoxy groups -OCH3 is 1. The lowest BCUT2D eigenvalue weighted by atomic mass is 10.1. The minimum Gasteiger partial charge on any atom is -0.479 e. The Morgan fingerprint density at radius 2 is 2.05 bits per heavy atom. The van der Waals surface area contributed by atoms with Gasteiger partial charge in [0.05, 0.1) is 7.11 Å². The van der Waals surface area contributed by atoms with Crippen molar-refractivity contribution < 1.29 is 9.53 Å². The van der Waals surface area contributed by atoms with Gasteiger partial charge in [0, 0.05) is 18.9 Å². The topological polar surface area (TPSA) is 56.2 Å². The number of aromatic nitrogens is 2. The quantitative estimate of drug-likeness (QED) is 0.920. The van der Waals surface area contributed by atoms with Crippen molar-refractivity contribution in [3.05, 3.63) is 41.1 Å². The van der Waals surface area contributed by atoms with Crippen molar-refractivity contribution in [2.45, 2.75) is 13.8 Å². The van der Waals surface area contributed by atoms with Gasteiger partial charge in [-0.1, -0.05) is 6.07 Å². The number of hydrogen-bond donors (Lipinski definition) is 1. The molecular formula is C14H17N3O2. The number of benzene rings is 1. The summed E-state index contributed by atoms with van der Waals surface area (Å²) >= 11 is 0. The first-order valence-electron chi connectivity index (χ1n) is 5.97. The molecule has 0 unspecified atom stereocenters. The fourth-order valence-electron chi connectivity index (χ4n) is 1.79. The highest BCUT2D eigenvalue weighted by Crippen LogP contribution is 2.19. The van der Waals surface area contributed by atoms with Gasteiger partial charge >= 0.3 is 0 Å². The van der Waals surface area contributed by atoms with Crippen LogP contribution < -0.4 is 10.1 Å². The number of anilines is 1. The molecule has 100 valence electrons.